The predicted molar refractivity (Wildman–Crippen MR) is 109 cm³/mol. The summed E-state index contributed by atoms with van der Waals surface area (Å²) in [7, 11) is 1.71. The van der Waals surface area contributed by atoms with Crippen molar-refractivity contribution in [3.05, 3.63) is 24.3 Å². The molecule has 4 heterocycles. The van der Waals surface area contributed by atoms with Crippen molar-refractivity contribution in [2.75, 3.05) is 33.3 Å². The van der Waals surface area contributed by atoms with Gasteiger partial charge in [-0.05, 0) is 27.7 Å². The Bertz CT molecular complexity index is 846. The number of rotatable bonds is 2. The number of fused-ring (bicyclic) bond motifs is 2. The topological polar surface area (TPSA) is 90.4 Å². The highest BCUT2D eigenvalue weighted by Crippen LogP contribution is 2.57. The fraction of sp³-hybridized carbons (Fsp3) is 0.682. The maximum atomic E-state index is 13.8. The molecule has 5 atom stereocenters. The number of likely N-dealkylation sites (N-methyl/N-ethyl adjacent to an activating group) is 1. The number of β-amino-alcohol motifs (C(OH)–C–C–N with tert-alkyl or cyclic N) is 1. The number of likely N-dealkylation sites (tertiary alicyclic amines) is 1. The lowest BCUT2D eigenvalue weighted by atomic mass is 9.74. The van der Waals surface area contributed by atoms with E-state index in [1.807, 2.05) is 52.0 Å². The molecule has 0 aromatic heterocycles. The van der Waals surface area contributed by atoms with Gasteiger partial charge in [0, 0.05) is 32.2 Å². The molecule has 30 heavy (non-hydrogen) atoms. The lowest BCUT2D eigenvalue weighted by molar-refractivity contribution is -0.155. The summed E-state index contributed by atoms with van der Waals surface area (Å²) in [6.07, 6.45) is 7.43. The van der Waals surface area contributed by atoms with Gasteiger partial charge in [0.1, 0.15) is 11.6 Å². The molecule has 2 saturated heterocycles. The molecular weight excluding hydrogens is 386 g/mol. The van der Waals surface area contributed by atoms with E-state index in [0.29, 0.717) is 13.1 Å². The minimum Gasteiger partial charge on any atom is -0.395 e. The molecule has 164 valence electrons. The fourth-order valence-electron chi connectivity index (χ4n) is 5.59. The van der Waals surface area contributed by atoms with Gasteiger partial charge < -0.3 is 24.5 Å². The first kappa shape index (κ1) is 21.1. The van der Waals surface area contributed by atoms with Crippen LogP contribution < -0.4 is 0 Å². The van der Waals surface area contributed by atoms with E-state index >= 15 is 0 Å². The summed E-state index contributed by atoms with van der Waals surface area (Å²) in [5, 5.41) is 9.64. The largest absolute Gasteiger partial charge is 0.395 e. The molecule has 0 bridgehead atoms. The first-order chi connectivity index (χ1) is 14.0. The van der Waals surface area contributed by atoms with E-state index in [2.05, 4.69) is 0 Å². The first-order valence-corrected chi connectivity index (χ1v) is 10.5. The molecule has 1 N–H and O–H groups in total. The van der Waals surface area contributed by atoms with Crippen LogP contribution in [0.5, 0.6) is 0 Å². The summed E-state index contributed by atoms with van der Waals surface area (Å²) in [6.45, 7) is 8.25. The summed E-state index contributed by atoms with van der Waals surface area (Å²) in [4.78, 5) is 45.5. The van der Waals surface area contributed by atoms with E-state index in [-0.39, 0.29) is 30.9 Å². The lowest BCUT2D eigenvalue weighted by Gasteiger charge is -2.41. The summed E-state index contributed by atoms with van der Waals surface area (Å²) in [6, 6.07) is -0.921. The van der Waals surface area contributed by atoms with Crippen LogP contribution in [0.4, 0.5) is 0 Å². The van der Waals surface area contributed by atoms with Crippen molar-refractivity contribution in [2.24, 2.45) is 11.8 Å². The highest BCUT2D eigenvalue weighted by molar-refractivity contribution is 6.00. The Morgan fingerprint density at radius 3 is 2.37 bits per heavy atom. The minimum absolute atomic E-state index is 0.0198. The molecule has 0 aromatic rings. The maximum Gasteiger partial charge on any atom is 0.249 e. The summed E-state index contributed by atoms with van der Waals surface area (Å²) < 4.78 is 6.61. The number of carbonyl (C=O) groups excluding carboxylic acids is 3. The molecule has 2 fully saturated rings. The smallest absolute Gasteiger partial charge is 0.249 e. The number of ether oxygens (including phenoxy) is 1. The van der Waals surface area contributed by atoms with Gasteiger partial charge >= 0.3 is 0 Å². The van der Waals surface area contributed by atoms with Crippen molar-refractivity contribution in [3.63, 3.8) is 0 Å². The van der Waals surface area contributed by atoms with Gasteiger partial charge in [-0.15, -0.1) is 0 Å². The number of nitrogens with zero attached hydrogens (tertiary/aromatic N) is 3. The van der Waals surface area contributed by atoms with Crippen molar-refractivity contribution in [2.45, 2.75) is 50.5 Å². The summed E-state index contributed by atoms with van der Waals surface area (Å²) in [5.41, 5.74) is -2.70. The van der Waals surface area contributed by atoms with Gasteiger partial charge in [0.2, 0.25) is 17.7 Å². The average molecular weight is 418 g/mol. The quantitative estimate of drug-likeness (QED) is 0.647. The predicted octanol–water partition coefficient (Wildman–Crippen LogP) is 0.175. The highest BCUT2D eigenvalue weighted by Gasteiger charge is 2.74. The van der Waals surface area contributed by atoms with E-state index in [0.717, 1.165) is 0 Å². The number of hydrogen-bond donors (Lipinski definition) is 1. The average Bonchev–Trinajstić information content (AvgIpc) is 2.90. The Hall–Kier alpha value is -2.19. The normalized spacial score (nSPS) is 38.5. The van der Waals surface area contributed by atoms with Gasteiger partial charge in [0.05, 0.1) is 24.0 Å². The maximum absolute atomic E-state index is 13.8. The van der Waals surface area contributed by atoms with Crippen LogP contribution >= 0.6 is 0 Å². The summed E-state index contributed by atoms with van der Waals surface area (Å²) >= 11 is 0. The van der Waals surface area contributed by atoms with E-state index in [4.69, 9.17) is 4.74 Å². The standard InChI is InChI=1S/C22H31N3O5/c1-20(2,3)25-11-7-9-22-15(18(28)24(12-13-26)16(22)19(25)29)14-17(27)23(5)10-6-8-21(14,4)30-22/h6-9,14-16,26H,10-13H2,1-5H3/t14-,15+,16?,21+,22+/m1/s1. The van der Waals surface area contributed by atoms with Gasteiger partial charge in [0.15, 0.2) is 0 Å². The van der Waals surface area contributed by atoms with E-state index in [1.165, 1.54) is 4.90 Å². The zero-order chi connectivity index (χ0) is 22.1. The number of hydrogen-bond acceptors (Lipinski definition) is 5. The number of aliphatic hydroxyl groups is 1. The third kappa shape index (κ3) is 2.69. The van der Waals surface area contributed by atoms with Gasteiger partial charge in [-0.2, -0.15) is 0 Å². The molecule has 8 heteroatoms. The molecule has 0 radical (unpaired) electrons. The van der Waals surface area contributed by atoms with Gasteiger partial charge in [-0.3, -0.25) is 14.4 Å². The molecule has 1 unspecified atom stereocenters. The van der Waals surface area contributed by atoms with Crippen LogP contribution in [0.1, 0.15) is 27.7 Å². The number of carbonyl (C=O) groups is 3. The molecule has 8 nitrogen and oxygen atoms in total. The van der Waals surface area contributed by atoms with Crippen molar-refractivity contribution >= 4 is 17.7 Å². The Morgan fingerprint density at radius 1 is 1.07 bits per heavy atom. The Morgan fingerprint density at radius 2 is 1.73 bits per heavy atom. The van der Waals surface area contributed by atoms with Crippen molar-refractivity contribution in [1.82, 2.24) is 14.7 Å². The fourth-order valence-corrected chi connectivity index (χ4v) is 5.59. The van der Waals surface area contributed by atoms with Gasteiger partial charge in [-0.25, -0.2) is 0 Å². The van der Waals surface area contributed by atoms with Crippen molar-refractivity contribution < 1.29 is 24.2 Å². The molecule has 4 aliphatic heterocycles. The zero-order valence-corrected chi connectivity index (χ0v) is 18.3. The third-order valence-electron chi connectivity index (χ3n) is 6.91. The summed E-state index contributed by atoms with van der Waals surface area (Å²) in [5.74, 6) is -2.26. The second kappa shape index (κ2) is 6.65. The Kier molecular flexibility index (Phi) is 4.67. The van der Waals surface area contributed by atoms with Crippen LogP contribution in [0.25, 0.3) is 0 Å². The van der Waals surface area contributed by atoms with E-state index < -0.39 is 34.6 Å². The molecule has 4 aliphatic rings. The second-order valence-electron chi connectivity index (χ2n) is 9.90. The van der Waals surface area contributed by atoms with E-state index in [1.54, 1.807) is 16.8 Å². The van der Waals surface area contributed by atoms with Crippen LogP contribution in [0.15, 0.2) is 24.3 Å². The number of aliphatic hydroxyl groups excluding tert-OH is 1. The molecule has 0 aliphatic carbocycles. The Balaban J connectivity index is 1.90. The lowest BCUT2D eigenvalue weighted by Crippen LogP contribution is -2.59. The zero-order valence-electron chi connectivity index (χ0n) is 18.3. The van der Waals surface area contributed by atoms with Crippen LogP contribution in [-0.2, 0) is 19.1 Å². The van der Waals surface area contributed by atoms with Crippen molar-refractivity contribution in [1.29, 1.82) is 0 Å². The molecule has 0 aromatic carbocycles. The molecule has 4 rings (SSSR count). The van der Waals surface area contributed by atoms with E-state index in [9.17, 15) is 19.5 Å². The SMILES string of the molecule is CN1CC=C[C@]2(C)O[C@]34C=CCN(C(C)(C)C)C(=O)C3N(CCO)C(=O)[C@@H]4[C@@H]2C1=O. The number of amides is 3. The van der Waals surface area contributed by atoms with Crippen LogP contribution in [0.2, 0.25) is 0 Å². The highest BCUT2D eigenvalue weighted by atomic mass is 16.5. The van der Waals surface area contributed by atoms with Crippen molar-refractivity contribution in [3.8, 4) is 0 Å². The third-order valence-corrected chi connectivity index (χ3v) is 6.91. The van der Waals surface area contributed by atoms with Gasteiger partial charge in [0.25, 0.3) is 0 Å². The van der Waals surface area contributed by atoms with Crippen LogP contribution in [0.3, 0.4) is 0 Å². The molecule has 0 saturated carbocycles. The van der Waals surface area contributed by atoms with Gasteiger partial charge in [-0.1, -0.05) is 24.3 Å². The monoisotopic (exact) mass is 417 g/mol. The molecular formula is C22H31N3O5. The van der Waals surface area contributed by atoms with Crippen LogP contribution in [-0.4, -0.2) is 93.6 Å². The molecule has 1 spiro atoms. The molecule has 3 amide bonds. The Labute approximate surface area is 177 Å². The first-order valence-electron chi connectivity index (χ1n) is 10.5. The minimum atomic E-state index is -1.25. The van der Waals surface area contributed by atoms with Crippen LogP contribution in [0, 0.1) is 11.8 Å². The second-order valence-corrected chi connectivity index (χ2v) is 9.90.